The Morgan fingerprint density at radius 2 is 1.67 bits per heavy atom. The zero-order valence-electron chi connectivity index (χ0n) is 13.5. The van der Waals surface area contributed by atoms with E-state index in [9.17, 15) is 4.79 Å². The molecule has 0 amide bonds. The maximum Gasteiger partial charge on any atom is 0.320 e. The number of carbonyl (C=O) groups is 1. The third-order valence-corrected chi connectivity index (χ3v) is 4.53. The van der Waals surface area contributed by atoms with Crippen molar-refractivity contribution in [3.8, 4) is 0 Å². The number of benzene rings is 1. The van der Waals surface area contributed by atoms with Gasteiger partial charge in [-0.05, 0) is 44.4 Å². The van der Waals surface area contributed by atoms with E-state index in [1.807, 2.05) is 4.90 Å². The first-order chi connectivity index (χ1) is 9.88. The highest BCUT2D eigenvalue weighted by Gasteiger charge is 2.25. The largest absolute Gasteiger partial charge is 0.480 e. The Morgan fingerprint density at radius 1 is 1.14 bits per heavy atom. The smallest absolute Gasteiger partial charge is 0.320 e. The second-order valence-corrected chi connectivity index (χ2v) is 6.20. The van der Waals surface area contributed by atoms with Gasteiger partial charge in [-0.2, -0.15) is 0 Å². The number of aliphatic carboxylic acids is 1. The van der Waals surface area contributed by atoms with Crippen LogP contribution in [-0.4, -0.2) is 53.1 Å². The van der Waals surface area contributed by atoms with Crippen LogP contribution in [0.4, 0.5) is 0 Å². The van der Waals surface area contributed by atoms with E-state index in [0.717, 1.165) is 32.7 Å². The summed E-state index contributed by atoms with van der Waals surface area (Å²) in [5, 5.41) is 9.08. The summed E-state index contributed by atoms with van der Waals surface area (Å²) in [6, 6.07) is 4.10. The summed E-state index contributed by atoms with van der Waals surface area (Å²) in [4.78, 5) is 15.5. The molecular weight excluding hydrogens is 264 g/mol. The van der Waals surface area contributed by atoms with E-state index < -0.39 is 5.97 Å². The number of rotatable bonds is 4. The van der Waals surface area contributed by atoms with Gasteiger partial charge in [0.15, 0.2) is 0 Å². The predicted octanol–water partition coefficient (Wildman–Crippen LogP) is 2.20. The van der Waals surface area contributed by atoms with Gasteiger partial charge in [-0.25, -0.2) is 0 Å². The lowest BCUT2D eigenvalue weighted by molar-refractivity contribution is -0.143. The molecule has 1 atom stereocenters. The first kappa shape index (κ1) is 16.0. The van der Waals surface area contributed by atoms with Gasteiger partial charge in [0.2, 0.25) is 0 Å². The molecule has 21 heavy (non-hydrogen) atoms. The van der Waals surface area contributed by atoms with E-state index in [-0.39, 0.29) is 6.04 Å². The fourth-order valence-corrected chi connectivity index (χ4v) is 3.15. The molecule has 0 radical (unpaired) electrons. The minimum absolute atomic E-state index is 0.380. The van der Waals surface area contributed by atoms with Crippen LogP contribution in [0.5, 0.6) is 0 Å². The molecule has 2 rings (SSSR count). The van der Waals surface area contributed by atoms with Crippen LogP contribution >= 0.6 is 0 Å². The molecule has 0 aliphatic carbocycles. The van der Waals surface area contributed by atoms with Crippen molar-refractivity contribution in [3.63, 3.8) is 0 Å². The number of carboxylic acid groups (broad SMARTS) is 1. The molecular formula is C17H26N2O2. The molecule has 4 heteroatoms. The van der Waals surface area contributed by atoms with Gasteiger partial charge in [-0.1, -0.05) is 17.7 Å². The van der Waals surface area contributed by atoms with Gasteiger partial charge in [-0.15, -0.1) is 0 Å². The highest BCUT2D eigenvalue weighted by molar-refractivity contribution is 5.72. The van der Waals surface area contributed by atoms with E-state index in [1.54, 1.807) is 6.92 Å². The van der Waals surface area contributed by atoms with Crippen molar-refractivity contribution in [3.05, 3.63) is 34.4 Å². The summed E-state index contributed by atoms with van der Waals surface area (Å²) in [5.41, 5.74) is 5.44. The second-order valence-electron chi connectivity index (χ2n) is 6.20. The Hall–Kier alpha value is -1.39. The maximum atomic E-state index is 11.0. The van der Waals surface area contributed by atoms with Crippen molar-refractivity contribution >= 4 is 5.97 Å². The summed E-state index contributed by atoms with van der Waals surface area (Å²) in [5.74, 6) is -0.728. The SMILES string of the molecule is Cc1cc(C)c(CN2CCN(C(C)C(=O)O)CC2)c(C)c1. The summed E-state index contributed by atoms with van der Waals surface area (Å²) < 4.78 is 0. The maximum absolute atomic E-state index is 11.0. The number of aryl methyl sites for hydroxylation is 3. The van der Waals surface area contributed by atoms with Crippen LogP contribution in [0.25, 0.3) is 0 Å². The van der Waals surface area contributed by atoms with Crippen LogP contribution in [0.1, 0.15) is 29.2 Å². The van der Waals surface area contributed by atoms with E-state index >= 15 is 0 Å². The van der Waals surface area contributed by atoms with Crippen LogP contribution in [0.3, 0.4) is 0 Å². The quantitative estimate of drug-likeness (QED) is 0.923. The van der Waals surface area contributed by atoms with Gasteiger partial charge in [0.25, 0.3) is 0 Å². The summed E-state index contributed by atoms with van der Waals surface area (Å²) in [6.45, 7) is 12.8. The van der Waals surface area contributed by atoms with Crippen molar-refractivity contribution in [1.82, 2.24) is 9.80 Å². The van der Waals surface area contributed by atoms with Gasteiger partial charge in [0, 0.05) is 32.7 Å². The summed E-state index contributed by atoms with van der Waals surface area (Å²) >= 11 is 0. The van der Waals surface area contributed by atoms with Crippen LogP contribution in [0.2, 0.25) is 0 Å². The fraction of sp³-hybridized carbons (Fsp3) is 0.588. The van der Waals surface area contributed by atoms with Gasteiger partial charge in [-0.3, -0.25) is 14.6 Å². The lowest BCUT2D eigenvalue weighted by atomic mass is 9.99. The topological polar surface area (TPSA) is 43.8 Å². The number of nitrogens with zero attached hydrogens (tertiary/aromatic N) is 2. The molecule has 1 N–H and O–H groups in total. The molecule has 1 fully saturated rings. The average molecular weight is 290 g/mol. The number of carboxylic acids is 1. The lowest BCUT2D eigenvalue weighted by Crippen LogP contribution is -2.51. The molecule has 116 valence electrons. The van der Waals surface area contributed by atoms with Gasteiger partial charge in [0.05, 0.1) is 0 Å². The molecule has 0 bridgehead atoms. The number of hydrogen-bond acceptors (Lipinski definition) is 3. The van der Waals surface area contributed by atoms with Crippen LogP contribution in [0.15, 0.2) is 12.1 Å². The first-order valence-electron chi connectivity index (χ1n) is 7.64. The molecule has 1 saturated heterocycles. The van der Waals surface area contributed by atoms with Crippen molar-refractivity contribution in [2.45, 2.75) is 40.3 Å². The van der Waals surface area contributed by atoms with Crippen LogP contribution in [0, 0.1) is 20.8 Å². The number of hydrogen-bond donors (Lipinski definition) is 1. The van der Waals surface area contributed by atoms with Crippen molar-refractivity contribution in [1.29, 1.82) is 0 Å². The van der Waals surface area contributed by atoms with Crippen molar-refractivity contribution < 1.29 is 9.90 Å². The standard InChI is InChI=1S/C17H26N2O2/c1-12-9-13(2)16(14(3)10-12)11-18-5-7-19(8-6-18)15(4)17(20)21/h9-10,15H,5-8,11H2,1-4H3,(H,20,21). The fourth-order valence-electron chi connectivity index (χ4n) is 3.15. The Kier molecular flexibility index (Phi) is 5.01. The van der Waals surface area contributed by atoms with E-state index in [0.29, 0.717) is 0 Å². The average Bonchev–Trinajstić information content (AvgIpc) is 2.42. The van der Waals surface area contributed by atoms with Crippen LogP contribution < -0.4 is 0 Å². The zero-order chi connectivity index (χ0) is 15.6. The van der Waals surface area contributed by atoms with E-state index in [2.05, 4.69) is 37.8 Å². The van der Waals surface area contributed by atoms with Gasteiger partial charge in [0.1, 0.15) is 6.04 Å². The Bertz CT molecular complexity index is 497. The van der Waals surface area contributed by atoms with E-state index in [4.69, 9.17) is 5.11 Å². The molecule has 1 heterocycles. The Labute approximate surface area is 127 Å². The van der Waals surface area contributed by atoms with Crippen LogP contribution in [-0.2, 0) is 11.3 Å². The third kappa shape index (κ3) is 3.83. The number of piperazine rings is 1. The molecule has 4 nitrogen and oxygen atoms in total. The monoisotopic (exact) mass is 290 g/mol. The summed E-state index contributed by atoms with van der Waals surface area (Å²) in [6.07, 6.45) is 0. The molecule has 0 saturated carbocycles. The molecule has 1 aliphatic heterocycles. The Morgan fingerprint density at radius 3 is 2.14 bits per heavy atom. The molecule has 1 aliphatic rings. The molecule has 0 spiro atoms. The van der Waals surface area contributed by atoms with E-state index in [1.165, 1.54) is 22.3 Å². The predicted molar refractivity (Wildman–Crippen MR) is 84.6 cm³/mol. The molecule has 1 aromatic carbocycles. The minimum atomic E-state index is -0.728. The van der Waals surface area contributed by atoms with Gasteiger partial charge < -0.3 is 5.11 Å². The second kappa shape index (κ2) is 6.58. The normalized spacial score (nSPS) is 18.7. The highest BCUT2D eigenvalue weighted by atomic mass is 16.4. The highest BCUT2D eigenvalue weighted by Crippen LogP contribution is 2.19. The minimum Gasteiger partial charge on any atom is -0.480 e. The van der Waals surface area contributed by atoms with Crippen molar-refractivity contribution in [2.75, 3.05) is 26.2 Å². The molecule has 0 aromatic heterocycles. The summed E-state index contributed by atoms with van der Waals surface area (Å²) in [7, 11) is 0. The third-order valence-electron chi connectivity index (χ3n) is 4.53. The lowest BCUT2D eigenvalue weighted by Gasteiger charge is -2.37. The molecule has 1 unspecified atom stereocenters. The zero-order valence-corrected chi connectivity index (χ0v) is 13.5. The van der Waals surface area contributed by atoms with Crippen molar-refractivity contribution in [2.24, 2.45) is 0 Å². The first-order valence-corrected chi connectivity index (χ1v) is 7.64. The molecule has 1 aromatic rings. The Balaban J connectivity index is 1.97. The van der Waals surface area contributed by atoms with Gasteiger partial charge >= 0.3 is 5.97 Å².